The van der Waals surface area contributed by atoms with Gasteiger partial charge < -0.3 is 34.4 Å². The van der Waals surface area contributed by atoms with Gasteiger partial charge in [0, 0.05) is 38.5 Å². The number of aliphatic hydroxyl groups excluding tert-OH is 1. The number of amides is 2. The van der Waals surface area contributed by atoms with Crippen molar-refractivity contribution in [3.8, 4) is 5.75 Å². The molecule has 0 aliphatic carbocycles. The minimum atomic E-state index is -0.699. The molecule has 192 valence electrons. The lowest BCUT2D eigenvalue weighted by atomic mass is 10.1. The number of rotatable bonds is 7. The summed E-state index contributed by atoms with van der Waals surface area (Å²) in [5.41, 5.74) is -0.385. The number of benzene rings is 1. The fourth-order valence-electron chi connectivity index (χ4n) is 3.85. The topological polar surface area (TPSA) is 118 Å². The van der Waals surface area contributed by atoms with Crippen LogP contribution in [0.5, 0.6) is 5.75 Å². The van der Waals surface area contributed by atoms with E-state index in [9.17, 15) is 23.9 Å². The second-order valence-electron chi connectivity index (χ2n) is 9.35. The van der Waals surface area contributed by atoms with Crippen LogP contribution in [0.2, 0.25) is 0 Å². The first kappa shape index (κ1) is 26.3. The Morgan fingerprint density at radius 1 is 1.23 bits per heavy atom. The van der Waals surface area contributed by atoms with Crippen molar-refractivity contribution in [1.82, 2.24) is 9.80 Å². The van der Waals surface area contributed by atoms with Gasteiger partial charge in [-0.1, -0.05) is 0 Å². The Morgan fingerprint density at radius 2 is 1.91 bits per heavy atom. The van der Waals surface area contributed by atoms with Crippen molar-refractivity contribution in [3.63, 3.8) is 0 Å². The van der Waals surface area contributed by atoms with E-state index in [1.54, 1.807) is 4.90 Å². The van der Waals surface area contributed by atoms with Crippen molar-refractivity contribution in [2.45, 2.75) is 45.3 Å². The maximum absolute atomic E-state index is 14.1. The lowest BCUT2D eigenvalue weighted by molar-refractivity contribution is -0.136. The summed E-state index contributed by atoms with van der Waals surface area (Å²) in [4.78, 5) is 40.3. The number of carbonyl (C=O) groups excluding carboxylic acids is 3. The lowest BCUT2D eigenvalue weighted by Crippen LogP contribution is -2.44. The Labute approximate surface area is 203 Å². The van der Waals surface area contributed by atoms with Crippen molar-refractivity contribution in [2.75, 3.05) is 45.2 Å². The van der Waals surface area contributed by atoms with E-state index < -0.39 is 23.3 Å². The Kier molecular flexibility index (Phi) is 8.21. The quantitative estimate of drug-likeness (QED) is 0.556. The zero-order valence-corrected chi connectivity index (χ0v) is 20.4. The van der Waals surface area contributed by atoms with Crippen LogP contribution in [-0.4, -0.2) is 84.5 Å². The van der Waals surface area contributed by atoms with Gasteiger partial charge in [0.1, 0.15) is 29.0 Å². The molecule has 2 N–H and O–H groups in total. The molecule has 0 aromatic heterocycles. The van der Waals surface area contributed by atoms with Gasteiger partial charge in [-0.2, -0.15) is 0 Å². The molecule has 0 unspecified atom stereocenters. The number of nitrogens with one attached hydrogen (secondary N) is 1. The highest BCUT2D eigenvalue weighted by Gasteiger charge is 2.35. The second kappa shape index (κ2) is 10.9. The average Bonchev–Trinajstić information content (AvgIpc) is 3.10. The molecule has 2 aliphatic heterocycles. The van der Waals surface area contributed by atoms with Crippen LogP contribution >= 0.6 is 0 Å². The van der Waals surface area contributed by atoms with Gasteiger partial charge in [-0.15, -0.1) is 0 Å². The highest BCUT2D eigenvalue weighted by Crippen LogP contribution is 2.32. The monoisotopic (exact) mass is 493 g/mol. The van der Waals surface area contributed by atoms with Crippen molar-refractivity contribution in [1.29, 1.82) is 0 Å². The third-order valence-electron chi connectivity index (χ3n) is 5.54. The van der Waals surface area contributed by atoms with E-state index in [4.69, 9.17) is 14.2 Å². The Hall–Kier alpha value is -3.34. The third kappa shape index (κ3) is 6.62. The number of anilines is 1. The number of ether oxygens (including phenoxy) is 3. The van der Waals surface area contributed by atoms with Gasteiger partial charge in [0.25, 0.3) is 5.91 Å². The molecule has 2 heterocycles. The molecule has 1 fully saturated rings. The number of β-amino-alcohol motifs (C(OH)–C–C–N with tert-alkyl or cyclic N) is 1. The SMILES string of the molecule is COC(=O)C1=C(Nc2cc(F)ccc2OC2CCN(C(=O)OC(C)(C)C)CC2)C(=O)N(CCO)C1. The number of methoxy groups -OCH3 is 1. The molecule has 35 heavy (non-hydrogen) atoms. The second-order valence-corrected chi connectivity index (χ2v) is 9.35. The number of hydrogen-bond donors (Lipinski definition) is 2. The summed E-state index contributed by atoms with van der Waals surface area (Å²) in [7, 11) is 1.20. The average molecular weight is 494 g/mol. The van der Waals surface area contributed by atoms with Gasteiger partial charge in [-0.25, -0.2) is 14.0 Å². The van der Waals surface area contributed by atoms with Gasteiger partial charge in [-0.3, -0.25) is 4.79 Å². The van der Waals surface area contributed by atoms with Crippen molar-refractivity contribution in [2.24, 2.45) is 0 Å². The molecule has 0 atom stereocenters. The number of aliphatic hydroxyl groups is 1. The van der Waals surface area contributed by atoms with E-state index in [-0.39, 0.29) is 48.9 Å². The number of piperidine rings is 1. The van der Waals surface area contributed by atoms with E-state index in [1.807, 2.05) is 20.8 Å². The van der Waals surface area contributed by atoms with Crippen molar-refractivity contribution < 1.29 is 38.1 Å². The van der Waals surface area contributed by atoms with Crippen LogP contribution in [0.4, 0.5) is 14.9 Å². The number of hydrogen-bond acceptors (Lipinski definition) is 8. The molecule has 1 aromatic carbocycles. The lowest BCUT2D eigenvalue weighted by Gasteiger charge is -2.33. The molecule has 0 radical (unpaired) electrons. The number of esters is 1. The van der Waals surface area contributed by atoms with Gasteiger partial charge in [0.2, 0.25) is 0 Å². The molecule has 0 bridgehead atoms. The molecule has 0 spiro atoms. The first-order valence-electron chi connectivity index (χ1n) is 11.4. The molecule has 10 nitrogen and oxygen atoms in total. The van der Waals surface area contributed by atoms with E-state index in [0.29, 0.717) is 31.7 Å². The third-order valence-corrected chi connectivity index (χ3v) is 5.54. The fourth-order valence-corrected chi connectivity index (χ4v) is 3.85. The van der Waals surface area contributed by atoms with E-state index in [1.165, 1.54) is 30.2 Å². The van der Waals surface area contributed by atoms with Crippen LogP contribution in [-0.2, 0) is 19.1 Å². The van der Waals surface area contributed by atoms with Crippen LogP contribution in [0.1, 0.15) is 33.6 Å². The van der Waals surface area contributed by atoms with Crippen LogP contribution in [0, 0.1) is 5.82 Å². The summed E-state index contributed by atoms with van der Waals surface area (Å²) in [5.74, 6) is -1.47. The number of likely N-dealkylation sites (tertiary alicyclic amines) is 1. The fraction of sp³-hybridized carbons (Fsp3) is 0.542. The van der Waals surface area contributed by atoms with Gasteiger partial charge in [-0.05, 0) is 32.9 Å². The first-order chi connectivity index (χ1) is 16.5. The standard InChI is InChI=1S/C24H32FN3O7/c1-24(2,3)35-23(32)27-9-7-16(8-10-27)34-19-6-5-15(25)13-18(19)26-20-17(22(31)33-4)14-28(11-12-29)21(20)30/h5-6,13,16,26,29H,7-12,14H2,1-4H3. The van der Waals surface area contributed by atoms with Crippen LogP contribution < -0.4 is 10.1 Å². The minimum absolute atomic E-state index is 0.0350. The molecule has 2 aliphatic rings. The summed E-state index contributed by atoms with van der Waals surface area (Å²) >= 11 is 0. The number of carbonyl (C=O) groups is 3. The molecular formula is C24H32FN3O7. The zero-order valence-electron chi connectivity index (χ0n) is 20.4. The van der Waals surface area contributed by atoms with Crippen LogP contribution in [0.15, 0.2) is 29.5 Å². The van der Waals surface area contributed by atoms with Crippen LogP contribution in [0.3, 0.4) is 0 Å². The molecule has 11 heteroatoms. The van der Waals surface area contributed by atoms with Gasteiger partial charge in [0.05, 0.1) is 31.5 Å². The molecule has 1 aromatic rings. The van der Waals surface area contributed by atoms with E-state index in [0.717, 1.165) is 0 Å². The summed E-state index contributed by atoms with van der Waals surface area (Å²) in [5, 5.41) is 12.1. The van der Waals surface area contributed by atoms with E-state index >= 15 is 0 Å². The summed E-state index contributed by atoms with van der Waals surface area (Å²) in [6.07, 6.45) is 0.443. The maximum Gasteiger partial charge on any atom is 0.410 e. The van der Waals surface area contributed by atoms with E-state index in [2.05, 4.69) is 5.32 Å². The predicted molar refractivity (Wildman–Crippen MR) is 124 cm³/mol. The maximum atomic E-state index is 14.1. The summed E-state index contributed by atoms with van der Waals surface area (Å²) in [6.45, 7) is 6.03. The Morgan fingerprint density at radius 3 is 2.51 bits per heavy atom. The largest absolute Gasteiger partial charge is 0.488 e. The molecule has 1 saturated heterocycles. The van der Waals surface area contributed by atoms with Gasteiger partial charge in [0.15, 0.2) is 0 Å². The highest BCUT2D eigenvalue weighted by atomic mass is 19.1. The minimum Gasteiger partial charge on any atom is -0.488 e. The van der Waals surface area contributed by atoms with Crippen molar-refractivity contribution in [3.05, 3.63) is 35.3 Å². The Balaban J connectivity index is 1.74. The molecule has 0 saturated carbocycles. The van der Waals surface area contributed by atoms with Gasteiger partial charge >= 0.3 is 12.1 Å². The molecule has 3 rings (SSSR count). The predicted octanol–water partition coefficient (Wildman–Crippen LogP) is 2.28. The zero-order chi connectivity index (χ0) is 25.8. The normalized spacial score (nSPS) is 17.0. The molecule has 2 amide bonds. The number of halogens is 1. The summed E-state index contributed by atoms with van der Waals surface area (Å²) < 4.78 is 30.4. The van der Waals surface area contributed by atoms with Crippen LogP contribution in [0.25, 0.3) is 0 Å². The Bertz CT molecular complexity index is 997. The summed E-state index contributed by atoms with van der Waals surface area (Å²) in [6, 6.07) is 3.86. The first-order valence-corrected chi connectivity index (χ1v) is 11.4. The number of nitrogens with zero attached hydrogens (tertiary/aromatic N) is 2. The smallest absolute Gasteiger partial charge is 0.410 e. The molecular weight excluding hydrogens is 461 g/mol. The highest BCUT2D eigenvalue weighted by molar-refractivity contribution is 6.08. The van der Waals surface area contributed by atoms with Crippen molar-refractivity contribution >= 4 is 23.7 Å².